The summed E-state index contributed by atoms with van der Waals surface area (Å²) in [7, 11) is 1.82. The summed E-state index contributed by atoms with van der Waals surface area (Å²) in [6, 6.07) is 0. The Balaban J connectivity index is 0. The quantitative estimate of drug-likeness (QED) is 0.541. The van der Waals surface area contributed by atoms with Crippen LogP contribution in [-0.2, 0) is 0 Å². The van der Waals surface area contributed by atoms with Gasteiger partial charge >= 0.3 is 0 Å². The Morgan fingerprint density at radius 3 is 2.00 bits per heavy atom. The molecule has 0 aliphatic heterocycles. The maximum Gasteiger partial charge on any atom is 0.0339 e. The standard InChI is InChI=1S/C8H15N.C2H6/c1-5-6-7(2)8(3)9-4;1-2/h6H,5H2,1-4H3;1-2H3/b7-6-,9-8?;. The van der Waals surface area contributed by atoms with E-state index in [0.717, 1.165) is 12.1 Å². The first-order chi connectivity index (χ1) is 5.22. The number of hydrogen-bond acceptors (Lipinski definition) is 1. The molecule has 0 radical (unpaired) electrons. The van der Waals surface area contributed by atoms with Crippen molar-refractivity contribution >= 4 is 5.71 Å². The van der Waals surface area contributed by atoms with E-state index < -0.39 is 0 Å². The predicted molar refractivity (Wildman–Crippen MR) is 54.4 cm³/mol. The van der Waals surface area contributed by atoms with Crippen molar-refractivity contribution in [2.45, 2.75) is 41.0 Å². The normalized spacial score (nSPS) is 12.2. The van der Waals surface area contributed by atoms with E-state index in [0.29, 0.717) is 0 Å². The zero-order valence-corrected chi connectivity index (χ0v) is 8.73. The van der Waals surface area contributed by atoms with Crippen molar-refractivity contribution in [3.63, 3.8) is 0 Å². The summed E-state index contributed by atoms with van der Waals surface area (Å²) in [5.41, 5.74) is 2.43. The second-order valence-corrected chi connectivity index (χ2v) is 2.10. The summed E-state index contributed by atoms with van der Waals surface area (Å²) in [6.07, 6.45) is 3.28. The molecule has 0 amide bonds. The van der Waals surface area contributed by atoms with Crippen LogP contribution in [0.3, 0.4) is 0 Å². The van der Waals surface area contributed by atoms with Crippen molar-refractivity contribution in [1.29, 1.82) is 0 Å². The summed E-state index contributed by atoms with van der Waals surface area (Å²) in [4.78, 5) is 4.06. The van der Waals surface area contributed by atoms with Gasteiger partial charge in [0.1, 0.15) is 0 Å². The Hall–Kier alpha value is -0.590. The molecule has 0 N–H and O–H groups in total. The average molecular weight is 155 g/mol. The van der Waals surface area contributed by atoms with E-state index in [2.05, 4.69) is 24.9 Å². The van der Waals surface area contributed by atoms with Crippen molar-refractivity contribution < 1.29 is 0 Å². The molecular weight excluding hydrogens is 134 g/mol. The number of aliphatic imine (C=N–C) groups is 1. The lowest BCUT2D eigenvalue weighted by atomic mass is 10.2. The van der Waals surface area contributed by atoms with Crippen LogP contribution in [0.25, 0.3) is 0 Å². The first-order valence-corrected chi connectivity index (χ1v) is 4.32. The van der Waals surface area contributed by atoms with E-state index in [1.54, 1.807) is 0 Å². The molecular formula is C10H21N. The Morgan fingerprint density at radius 2 is 1.73 bits per heavy atom. The van der Waals surface area contributed by atoms with E-state index in [9.17, 15) is 0 Å². The van der Waals surface area contributed by atoms with Crippen LogP contribution in [-0.4, -0.2) is 12.8 Å². The van der Waals surface area contributed by atoms with Gasteiger partial charge < -0.3 is 0 Å². The SMILES string of the molecule is CC.CC/C=C(/C)C(C)=NC. The Kier molecular flexibility index (Phi) is 11.1. The monoisotopic (exact) mass is 155 g/mol. The lowest BCUT2D eigenvalue weighted by Gasteiger charge is -1.95. The van der Waals surface area contributed by atoms with Crippen LogP contribution in [0.15, 0.2) is 16.6 Å². The molecule has 0 atom stereocenters. The van der Waals surface area contributed by atoms with Crippen molar-refractivity contribution in [1.82, 2.24) is 0 Å². The highest BCUT2D eigenvalue weighted by Crippen LogP contribution is 1.97. The van der Waals surface area contributed by atoms with Crippen LogP contribution in [0.1, 0.15) is 41.0 Å². The molecule has 0 spiro atoms. The van der Waals surface area contributed by atoms with Crippen molar-refractivity contribution in [2.24, 2.45) is 4.99 Å². The largest absolute Gasteiger partial charge is 0.293 e. The maximum atomic E-state index is 4.06. The Bertz CT molecular complexity index is 132. The molecule has 0 aromatic heterocycles. The zero-order valence-electron chi connectivity index (χ0n) is 8.73. The molecule has 0 fully saturated rings. The van der Waals surface area contributed by atoms with Gasteiger partial charge in [0.2, 0.25) is 0 Å². The maximum absolute atomic E-state index is 4.06. The van der Waals surface area contributed by atoms with Gasteiger partial charge in [0, 0.05) is 12.8 Å². The first-order valence-electron chi connectivity index (χ1n) is 4.32. The summed E-state index contributed by atoms with van der Waals surface area (Å²) in [5, 5.41) is 0. The Morgan fingerprint density at radius 1 is 1.27 bits per heavy atom. The number of nitrogens with zero attached hydrogens (tertiary/aromatic N) is 1. The minimum Gasteiger partial charge on any atom is -0.293 e. The molecule has 0 unspecified atom stereocenters. The van der Waals surface area contributed by atoms with Crippen molar-refractivity contribution in [3.05, 3.63) is 11.6 Å². The topological polar surface area (TPSA) is 12.4 Å². The predicted octanol–water partition coefficient (Wildman–Crippen LogP) is 3.46. The van der Waals surface area contributed by atoms with Crippen molar-refractivity contribution in [2.75, 3.05) is 7.05 Å². The molecule has 66 valence electrons. The minimum absolute atomic E-state index is 1.10. The molecule has 1 nitrogen and oxygen atoms in total. The molecule has 1 heteroatoms. The highest BCUT2D eigenvalue weighted by molar-refractivity contribution is 5.97. The van der Waals surface area contributed by atoms with Gasteiger partial charge in [0.25, 0.3) is 0 Å². The van der Waals surface area contributed by atoms with Crippen LogP contribution in [0.5, 0.6) is 0 Å². The molecule has 11 heavy (non-hydrogen) atoms. The molecule has 0 aromatic rings. The third kappa shape index (κ3) is 7.31. The second kappa shape index (κ2) is 9.41. The average Bonchev–Trinajstić information content (AvgIpc) is 2.07. The van der Waals surface area contributed by atoms with Crippen LogP contribution in [0.4, 0.5) is 0 Å². The lowest BCUT2D eigenvalue weighted by molar-refractivity contribution is 1.20. The summed E-state index contributed by atoms with van der Waals surface area (Å²) in [5.74, 6) is 0. The van der Waals surface area contributed by atoms with Crippen LogP contribution in [0.2, 0.25) is 0 Å². The number of allylic oxidation sites excluding steroid dienone is 2. The van der Waals surface area contributed by atoms with Gasteiger partial charge in [0.15, 0.2) is 0 Å². The highest BCUT2D eigenvalue weighted by atomic mass is 14.7. The summed E-state index contributed by atoms with van der Waals surface area (Å²) >= 11 is 0. The number of hydrogen-bond donors (Lipinski definition) is 0. The van der Waals surface area contributed by atoms with Crippen LogP contribution >= 0.6 is 0 Å². The van der Waals surface area contributed by atoms with E-state index in [1.165, 1.54) is 5.57 Å². The molecule has 0 heterocycles. The van der Waals surface area contributed by atoms with Gasteiger partial charge in [-0.05, 0) is 25.8 Å². The molecule has 0 bridgehead atoms. The molecule has 0 rings (SSSR count). The highest BCUT2D eigenvalue weighted by Gasteiger charge is 1.88. The molecule has 0 aromatic carbocycles. The minimum atomic E-state index is 1.10. The second-order valence-electron chi connectivity index (χ2n) is 2.10. The fourth-order valence-electron chi connectivity index (χ4n) is 0.630. The van der Waals surface area contributed by atoms with Gasteiger partial charge in [-0.2, -0.15) is 0 Å². The van der Waals surface area contributed by atoms with E-state index in [-0.39, 0.29) is 0 Å². The van der Waals surface area contributed by atoms with Crippen LogP contribution in [0, 0.1) is 0 Å². The summed E-state index contributed by atoms with van der Waals surface area (Å²) in [6.45, 7) is 10.2. The van der Waals surface area contributed by atoms with Gasteiger partial charge in [0.05, 0.1) is 0 Å². The third-order valence-corrected chi connectivity index (χ3v) is 1.42. The number of rotatable bonds is 2. The van der Waals surface area contributed by atoms with Gasteiger partial charge in [-0.1, -0.05) is 26.8 Å². The fraction of sp³-hybridized carbons (Fsp3) is 0.700. The van der Waals surface area contributed by atoms with Gasteiger partial charge in [-0.25, -0.2) is 0 Å². The third-order valence-electron chi connectivity index (χ3n) is 1.42. The summed E-state index contributed by atoms with van der Waals surface area (Å²) < 4.78 is 0. The van der Waals surface area contributed by atoms with E-state index in [4.69, 9.17) is 0 Å². The van der Waals surface area contributed by atoms with Gasteiger partial charge in [-0.15, -0.1) is 0 Å². The first kappa shape index (κ1) is 13.0. The molecule has 0 aliphatic carbocycles. The van der Waals surface area contributed by atoms with E-state index >= 15 is 0 Å². The van der Waals surface area contributed by atoms with Crippen LogP contribution < -0.4 is 0 Å². The lowest BCUT2D eigenvalue weighted by Crippen LogP contribution is -1.91. The van der Waals surface area contributed by atoms with E-state index in [1.807, 2.05) is 27.8 Å². The Labute approximate surface area is 71.2 Å². The van der Waals surface area contributed by atoms with Gasteiger partial charge in [-0.3, -0.25) is 4.99 Å². The smallest absolute Gasteiger partial charge is 0.0339 e. The fourth-order valence-corrected chi connectivity index (χ4v) is 0.630. The van der Waals surface area contributed by atoms with Crippen molar-refractivity contribution in [3.8, 4) is 0 Å². The molecule has 0 aliphatic rings. The zero-order chi connectivity index (χ0) is 9.28. The molecule has 0 saturated heterocycles. The molecule has 0 saturated carbocycles.